The standard InChI is InChI=1S/C22H19BrN2O3/c1-15-6-8-16(9-7-15)10-13-20(26)24-25-21(27)14-28-19-12-11-17-4-2-3-5-18(17)22(19)23/h2-13H,14H2,1H3,(H,24,26)(H,25,27)/b13-10+. The van der Waals surface area contributed by atoms with Crippen molar-refractivity contribution in [1.29, 1.82) is 0 Å². The van der Waals surface area contributed by atoms with E-state index in [0.29, 0.717) is 5.75 Å². The van der Waals surface area contributed by atoms with E-state index in [1.807, 2.05) is 61.5 Å². The first kappa shape index (κ1) is 19.6. The molecule has 0 atom stereocenters. The van der Waals surface area contributed by atoms with Crippen LogP contribution in [0.5, 0.6) is 5.75 Å². The Labute approximate surface area is 171 Å². The highest BCUT2D eigenvalue weighted by atomic mass is 79.9. The van der Waals surface area contributed by atoms with Crippen LogP contribution in [0.2, 0.25) is 0 Å². The zero-order valence-corrected chi connectivity index (χ0v) is 16.8. The largest absolute Gasteiger partial charge is 0.483 e. The maximum Gasteiger partial charge on any atom is 0.276 e. The first-order valence-corrected chi connectivity index (χ1v) is 9.46. The van der Waals surface area contributed by atoms with Crippen LogP contribution in [0, 0.1) is 6.92 Å². The summed E-state index contributed by atoms with van der Waals surface area (Å²) in [6.45, 7) is 1.77. The van der Waals surface area contributed by atoms with E-state index in [2.05, 4.69) is 26.8 Å². The van der Waals surface area contributed by atoms with Crippen molar-refractivity contribution in [3.63, 3.8) is 0 Å². The highest BCUT2D eigenvalue weighted by Crippen LogP contribution is 2.32. The van der Waals surface area contributed by atoms with E-state index in [1.54, 1.807) is 12.1 Å². The molecule has 0 spiro atoms. The summed E-state index contributed by atoms with van der Waals surface area (Å²) in [5, 5.41) is 2.06. The van der Waals surface area contributed by atoms with E-state index in [4.69, 9.17) is 4.74 Å². The van der Waals surface area contributed by atoms with Crippen molar-refractivity contribution in [1.82, 2.24) is 10.9 Å². The van der Waals surface area contributed by atoms with Gasteiger partial charge < -0.3 is 4.74 Å². The Hall–Kier alpha value is -3.12. The number of aryl methyl sites for hydroxylation is 1. The van der Waals surface area contributed by atoms with Crippen molar-refractivity contribution in [2.24, 2.45) is 0 Å². The van der Waals surface area contributed by atoms with E-state index in [-0.39, 0.29) is 6.61 Å². The minimum atomic E-state index is -0.461. The molecule has 0 aliphatic rings. The fourth-order valence-electron chi connectivity index (χ4n) is 2.53. The van der Waals surface area contributed by atoms with Gasteiger partial charge in [0, 0.05) is 6.08 Å². The maximum atomic E-state index is 11.9. The molecule has 5 nitrogen and oxygen atoms in total. The van der Waals surface area contributed by atoms with Crippen molar-refractivity contribution < 1.29 is 14.3 Å². The van der Waals surface area contributed by atoms with Crippen molar-refractivity contribution in [3.05, 3.63) is 82.3 Å². The predicted octanol–water partition coefficient (Wildman–Crippen LogP) is 4.15. The van der Waals surface area contributed by atoms with Crippen LogP contribution in [0.3, 0.4) is 0 Å². The van der Waals surface area contributed by atoms with Crippen LogP contribution in [0.15, 0.2) is 71.2 Å². The molecule has 142 valence electrons. The van der Waals surface area contributed by atoms with Gasteiger partial charge in [-0.1, -0.05) is 60.2 Å². The highest BCUT2D eigenvalue weighted by Gasteiger charge is 2.09. The van der Waals surface area contributed by atoms with Crippen LogP contribution in [0.1, 0.15) is 11.1 Å². The summed E-state index contributed by atoms with van der Waals surface area (Å²) in [4.78, 5) is 23.7. The molecule has 2 amide bonds. The van der Waals surface area contributed by atoms with Crippen LogP contribution in [-0.4, -0.2) is 18.4 Å². The Kier molecular flexibility index (Phi) is 6.45. The molecule has 0 saturated heterocycles. The Morgan fingerprint density at radius 2 is 1.75 bits per heavy atom. The zero-order valence-electron chi connectivity index (χ0n) is 15.2. The summed E-state index contributed by atoms with van der Waals surface area (Å²) >= 11 is 3.51. The molecular weight excluding hydrogens is 420 g/mol. The van der Waals surface area contributed by atoms with Gasteiger partial charge in [0.25, 0.3) is 11.8 Å². The number of amides is 2. The molecule has 3 aromatic carbocycles. The molecule has 3 aromatic rings. The summed E-state index contributed by atoms with van der Waals surface area (Å²) in [5.74, 6) is -0.336. The zero-order chi connectivity index (χ0) is 19.9. The van der Waals surface area contributed by atoms with Crippen molar-refractivity contribution in [2.45, 2.75) is 6.92 Å². The van der Waals surface area contributed by atoms with E-state index in [9.17, 15) is 9.59 Å². The smallest absolute Gasteiger partial charge is 0.276 e. The Morgan fingerprint density at radius 1 is 1.00 bits per heavy atom. The number of carbonyl (C=O) groups excluding carboxylic acids is 2. The van der Waals surface area contributed by atoms with Crippen LogP contribution >= 0.6 is 15.9 Å². The van der Waals surface area contributed by atoms with Crippen LogP contribution < -0.4 is 15.6 Å². The Morgan fingerprint density at radius 3 is 2.54 bits per heavy atom. The van der Waals surface area contributed by atoms with Crippen LogP contribution in [0.4, 0.5) is 0 Å². The van der Waals surface area contributed by atoms with Gasteiger partial charge in [0.2, 0.25) is 0 Å². The summed E-state index contributed by atoms with van der Waals surface area (Å²) in [7, 11) is 0. The van der Waals surface area contributed by atoms with Crippen molar-refractivity contribution in [3.8, 4) is 5.75 Å². The van der Waals surface area contributed by atoms with Gasteiger partial charge in [-0.05, 0) is 51.3 Å². The second kappa shape index (κ2) is 9.19. The molecule has 0 aliphatic carbocycles. The van der Waals surface area contributed by atoms with E-state index in [1.165, 1.54) is 6.08 Å². The van der Waals surface area contributed by atoms with Crippen LogP contribution in [0.25, 0.3) is 16.8 Å². The molecule has 0 radical (unpaired) electrons. The highest BCUT2D eigenvalue weighted by molar-refractivity contribution is 9.10. The molecule has 3 rings (SSSR count). The van der Waals surface area contributed by atoms with Gasteiger partial charge in [-0.25, -0.2) is 0 Å². The van der Waals surface area contributed by atoms with Gasteiger partial charge in [0.1, 0.15) is 5.75 Å². The third kappa shape index (κ3) is 5.20. The number of rotatable bonds is 5. The number of halogens is 1. The second-order valence-electron chi connectivity index (χ2n) is 6.17. The number of hydrogen-bond acceptors (Lipinski definition) is 3. The van der Waals surface area contributed by atoms with Crippen molar-refractivity contribution in [2.75, 3.05) is 6.61 Å². The lowest BCUT2D eigenvalue weighted by atomic mass is 10.1. The van der Waals surface area contributed by atoms with E-state index < -0.39 is 11.8 Å². The summed E-state index contributed by atoms with van der Waals surface area (Å²) < 4.78 is 6.33. The van der Waals surface area contributed by atoms with Gasteiger partial charge in [-0.3, -0.25) is 20.4 Å². The lowest BCUT2D eigenvalue weighted by Crippen LogP contribution is -2.43. The maximum absolute atomic E-state index is 11.9. The van der Waals surface area contributed by atoms with Gasteiger partial charge in [-0.15, -0.1) is 0 Å². The number of hydrazine groups is 1. The lowest BCUT2D eigenvalue weighted by molar-refractivity contribution is -0.128. The molecule has 0 fully saturated rings. The third-order valence-corrected chi connectivity index (χ3v) is 4.83. The number of carbonyl (C=O) groups is 2. The number of benzene rings is 3. The number of nitrogens with one attached hydrogen (secondary N) is 2. The molecule has 0 aliphatic heterocycles. The number of fused-ring (bicyclic) bond motifs is 1. The molecule has 0 aromatic heterocycles. The molecule has 0 saturated carbocycles. The summed E-state index contributed by atoms with van der Waals surface area (Å²) in [5.41, 5.74) is 6.70. The quantitative estimate of drug-likeness (QED) is 0.464. The fraction of sp³-hybridized carbons (Fsp3) is 0.0909. The topological polar surface area (TPSA) is 67.4 Å². The predicted molar refractivity (Wildman–Crippen MR) is 114 cm³/mol. The third-order valence-electron chi connectivity index (χ3n) is 4.02. The molecule has 0 unspecified atom stereocenters. The molecule has 28 heavy (non-hydrogen) atoms. The minimum Gasteiger partial charge on any atom is -0.483 e. The SMILES string of the molecule is Cc1ccc(/C=C/C(=O)NNC(=O)COc2ccc3ccccc3c2Br)cc1. The fourth-order valence-corrected chi connectivity index (χ4v) is 3.13. The molecule has 2 N–H and O–H groups in total. The van der Waals surface area contributed by atoms with E-state index >= 15 is 0 Å². The Balaban J connectivity index is 1.48. The molecule has 0 bridgehead atoms. The van der Waals surface area contributed by atoms with Gasteiger partial charge in [0.15, 0.2) is 6.61 Å². The first-order valence-electron chi connectivity index (χ1n) is 8.66. The molecular formula is C22H19BrN2O3. The lowest BCUT2D eigenvalue weighted by Gasteiger charge is -2.10. The average Bonchev–Trinajstić information content (AvgIpc) is 2.71. The Bertz CT molecular complexity index is 1030. The normalized spacial score (nSPS) is 10.8. The summed E-state index contributed by atoms with van der Waals surface area (Å²) in [6, 6.07) is 19.3. The van der Waals surface area contributed by atoms with Gasteiger partial charge in [0.05, 0.1) is 4.47 Å². The molecule has 0 heterocycles. The van der Waals surface area contributed by atoms with Crippen molar-refractivity contribution >= 4 is 44.6 Å². The minimum absolute atomic E-state index is 0.223. The van der Waals surface area contributed by atoms with Gasteiger partial charge >= 0.3 is 0 Å². The second-order valence-corrected chi connectivity index (χ2v) is 6.96. The number of hydrogen-bond donors (Lipinski definition) is 2. The monoisotopic (exact) mass is 438 g/mol. The van der Waals surface area contributed by atoms with E-state index in [0.717, 1.165) is 26.4 Å². The first-order chi connectivity index (χ1) is 13.5. The number of ether oxygens (including phenoxy) is 1. The average molecular weight is 439 g/mol. The van der Waals surface area contributed by atoms with Crippen LogP contribution in [-0.2, 0) is 9.59 Å². The van der Waals surface area contributed by atoms with Gasteiger partial charge in [-0.2, -0.15) is 0 Å². The summed E-state index contributed by atoms with van der Waals surface area (Å²) in [6.07, 6.45) is 3.02. The molecule has 6 heteroatoms.